The summed E-state index contributed by atoms with van der Waals surface area (Å²) in [5.41, 5.74) is 3.18. The zero-order valence-electron chi connectivity index (χ0n) is 20.2. The summed E-state index contributed by atoms with van der Waals surface area (Å²) in [6.45, 7) is 10.9. The van der Waals surface area contributed by atoms with E-state index in [1.807, 2.05) is 24.6 Å². The first-order valence-electron chi connectivity index (χ1n) is 10.3. The third-order valence-corrected chi connectivity index (χ3v) is 5.50. The molecule has 1 unspecified atom stereocenters. The Morgan fingerprint density at radius 3 is 2.41 bits per heavy atom. The molecule has 2 aliphatic rings. The molecule has 8 heteroatoms. The van der Waals surface area contributed by atoms with Crippen molar-refractivity contribution >= 4 is 17.1 Å². The third-order valence-electron chi connectivity index (χ3n) is 5.50. The molecule has 0 saturated heterocycles. The van der Waals surface area contributed by atoms with Crippen LogP contribution in [0.1, 0.15) is 58.6 Å². The molecule has 0 N–H and O–H groups in total. The van der Waals surface area contributed by atoms with E-state index in [0.29, 0.717) is 23.7 Å². The number of halogens is 3. The molecule has 4 rings (SSSR count). The standard InChI is InChI=1S/C24H25F3N4.Na.H/c1-6-31-19(13-20(30-31)23(3,4)5)22-28-18-12-15(11-14(2)21(18)29-22)16-9-7-8-10-17(16)24(25,26)27;;/h7-13,21H,6H2,1-5H3;;/q;+1;-1. The van der Waals surface area contributed by atoms with E-state index in [1.165, 1.54) is 12.1 Å². The van der Waals surface area contributed by atoms with Crippen LogP contribution in [-0.4, -0.2) is 27.4 Å². The molecule has 32 heavy (non-hydrogen) atoms. The summed E-state index contributed by atoms with van der Waals surface area (Å²) in [6.07, 6.45) is -0.930. The second kappa shape index (κ2) is 8.76. The van der Waals surface area contributed by atoms with Crippen molar-refractivity contribution < 1.29 is 44.2 Å². The smallest absolute Gasteiger partial charge is 1.00 e. The van der Waals surface area contributed by atoms with Crippen molar-refractivity contribution in [1.29, 1.82) is 0 Å². The molecule has 2 heterocycles. The van der Waals surface area contributed by atoms with Crippen molar-refractivity contribution in [1.82, 2.24) is 9.78 Å². The Hall–Kier alpha value is -1.96. The van der Waals surface area contributed by atoms with Crippen LogP contribution in [0.5, 0.6) is 0 Å². The van der Waals surface area contributed by atoms with Gasteiger partial charge in [-0.2, -0.15) is 18.3 Å². The maximum absolute atomic E-state index is 13.5. The summed E-state index contributed by atoms with van der Waals surface area (Å²) < 4.78 is 42.4. The molecule has 0 amide bonds. The van der Waals surface area contributed by atoms with Crippen molar-refractivity contribution in [2.24, 2.45) is 9.98 Å². The summed E-state index contributed by atoms with van der Waals surface area (Å²) in [4.78, 5) is 9.49. The number of amidine groups is 1. The van der Waals surface area contributed by atoms with Crippen molar-refractivity contribution in [3.05, 3.63) is 70.6 Å². The van der Waals surface area contributed by atoms with E-state index in [9.17, 15) is 13.2 Å². The predicted molar refractivity (Wildman–Crippen MR) is 119 cm³/mol. The van der Waals surface area contributed by atoms with Gasteiger partial charge in [0.05, 0.1) is 17.0 Å². The number of aliphatic imine (C=N–C) groups is 2. The van der Waals surface area contributed by atoms with Gasteiger partial charge in [-0.15, -0.1) is 0 Å². The fourth-order valence-electron chi connectivity index (χ4n) is 3.84. The van der Waals surface area contributed by atoms with Crippen LogP contribution in [0.15, 0.2) is 58.0 Å². The van der Waals surface area contributed by atoms with E-state index < -0.39 is 11.7 Å². The van der Waals surface area contributed by atoms with Gasteiger partial charge in [0.1, 0.15) is 11.7 Å². The molecule has 2 aromatic rings. The first kappa shape index (κ1) is 24.7. The average molecular weight is 450 g/mol. The minimum atomic E-state index is -4.42. The number of fused-ring (bicyclic) bond motifs is 1. The number of rotatable bonds is 3. The van der Waals surface area contributed by atoms with Crippen LogP contribution in [0, 0.1) is 0 Å². The number of aromatic nitrogens is 2. The van der Waals surface area contributed by atoms with Gasteiger partial charge in [-0.05, 0) is 48.8 Å². The Kier molecular flexibility index (Phi) is 6.76. The largest absolute Gasteiger partial charge is 1.00 e. The van der Waals surface area contributed by atoms with Crippen molar-refractivity contribution in [2.45, 2.75) is 58.8 Å². The molecule has 1 aliphatic heterocycles. The van der Waals surface area contributed by atoms with E-state index in [4.69, 9.17) is 15.1 Å². The number of benzene rings is 1. The van der Waals surface area contributed by atoms with Crippen LogP contribution in [-0.2, 0) is 18.1 Å². The van der Waals surface area contributed by atoms with Crippen LogP contribution in [0.2, 0.25) is 0 Å². The molecule has 1 aromatic heterocycles. The van der Waals surface area contributed by atoms with Crippen LogP contribution < -0.4 is 29.6 Å². The van der Waals surface area contributed by atoms with Gasteiger partial charge >= 0.3 is 35.7 Å². The van der Waals surface area contributed by atoms with Gasteiger partial charge in [-0.3, -0.25) is 9.67 Å². The number of hydrogen-bond donors (Lipinski definition) is 0. The number of aryl methyl sites for hydroxylation is 1. The normalized spacial score (nSPS) is 18.3. The van der Waals surface area contributed by atoms with E-state index >= 15 is 0 Å². The van der Waals surface area contributed by atoms with E-state index in [1.54, 1.807) is 18.2 Å². The van der Waals surface area contributed by atoms with Gasteiger partial charge in [0.15, 0.2) is 5.84 Å². The van der Waals surface area contributed by atoms with Gasteiger partial charge in [-0.25, -0.2) is 4.99 Å². The Bertz CT molecular complexity index is 1170. The summed E-state index contributed by atoms with van der Waals surface area (Å²) >= 11 is 0. The van der Waals surface area contributed by atoms with Crippen LogP contribution >= 0.6 is 0 Å². The van der Waals surface area contributed by atoms with E-state index in [2.05, 4.69) is 20.8 Å². The van der Waals surface area contributed by atoms with Gasteiger partial charge in [0.25, 0.3) is 0 Å². The molecular formula is C24H26F3N4Na. The Morgan fingerprint density at radius 2 is 1.78 bits per heavy atom. The average Bonchev–Trinajstić information content (AvgIpc) is 3.31. The monoisotopic (exact) mass is 450 g/mol. The molecule has 0 spiro atoms. The Balaban J connectivity index is 0.00000193. The molecule has 164 valence electrons. The fourth-order valence-corrected chi connectivity index (χ4v) is 3.84. The molecule has 0 saturated carbocycles. The number of nitrogens with zero attached hydrogens (tertiary/aromatic N) is 4. The molecule has 4 nitrogen and oxygen atoms in total. The van der Waals surface area contributed by atoms with Crippen molar-refractivity contribution in [3.8, 4) is 0 Å². The molecule has 0 fully saturated rings. The molecular weight excluding hydrogens is 424 g/mol. The number of hydrogen-bond acceptors (Lipinski definition) is 3. The second-order valence-electron chi connectivity index (χ2n) is 8.90. The molecule has 0 radical (unpaired) electrons. The van der Waals surface area contributed by atoms with E-state index in [-0.39, 0.29) is 48.0 Å². The summed E-state index contributed by atoms with van der Waals surface area (Å²) in [6, 6.07) is 7.35. The molecule has 1 aromatic carbocycles. The minimum Gasteiger partial charge on any atom is -1.00 e. The number of allylic oxidation sites excluding steroid dienone is 2. The minimum absolute atomic E-state index is 0. The van der Waals surface area contributed by atoms with Crippen molar-refractivity contribution in [2.75, 3.05) is 0 Å². The third kappa shape index (κ3) is 4.56. The van der Waals surface area contributed by atoms with Gasteiger partial charge in [0, 0.05) is 12.0 Å². The molecule has 0 bridgehead atoms. The predicted octanol–water partition coefficient (Wildman–Crippen LogP) is 2.95. The van der Waals surface area contributed by atoms with Gasteiger partial charge in [0.2, 0.25) is 0 Å². The van der Waals surface area contributed by atoms with Crippen LogP contribution in [0.3, 0.4) is 0 Å². The van der Waals surface area contributed by atoms with E-state index in [0.717, 1.165) is 23.0 Å². The summed E-state index contributed by atoms with van der Waals surface area (Å²) in [7, 11) is 0. The zero-order chi connectivity index (χ0) is 22.6. The maximum Gasteiger partial charge on any atom is 1.00 e. The Labute approximate surface area is 209 Å². The maximum atomic E-state index is 13.5. The topological polar surface area (TPSA) is 42.5 Å². The van der Waals surface area contributed by atoms with Crippen molar-refractivity contribution in [3.63, 3.8) is 0 Å². The molecule has 1 atom stereocenters. The zero-order valence-corrected chi connectivity index (χ0v) is 21.2. The molecule has 1 aliphatic carbocycles. The van der Waals surface area contributed by atoms with Crippen LogP contribution in [0.4, 0.5) is 13.2 Å². The Morgan fingerprint density at radius 1 is 1.09 bits per heavy atom. The quantitative estimate of drug-likeness (QED) is 0.663. The van der Waals surface area contributed by atoms with Gasteiger partial charge in [-0.1, -0.05) is 45.0 Å². The first-order valence-corrected chi connectivity index (χ1v) is 10.3. The van der Waals surface area contributed by atoms with Gasteiger partial charge < -0.3 is 1.43 Å². The SMILES string of the molecule is CCn1nc(C(C)(C)C)cc1C1=NC2C(C)=CC(c3ccccc3C(F)(F)F)=CC2=N1.[H-].[Na+]. The summed E-state index contributed by atoms with van der Waals surface area (Å²) in [5, 5.41) is 4.69. The number of alkyl halides is 3. The first-order chi connectivity index (χ1) is 14.5. The van der Waals surface area contributed by atoms with Crippen LogP contribution in [0.25, 0.3) is 5.57 Å². The summed E-state index contributed by atoms with van der Waals surface area (Å²) in [5.74, 6) is 0.569. The second-order valence-corrected chi connectivity index (χ2v) is 8.90. The fraction of sp³-hybridized carbons (Fsp3) is 0.375.